The van der Waals surface area contributed by atoms with Gasteiger partial charge >= 0.3 is 0 Å². The third-order valence-corrected chi connectivity index (χ3v) is 2.39. The summed E-state index contributed by atoms with van der Waals surface area (Å²) in [4.78, 5) is 0. The molecule has 0 saturated heterocycles. The minimum Gasteiger partial charge on any atom is -0.457 e. The molecule has 0 aliphatic carbocycles. The predicted octanol–water partition coefficient (Wildman–Crippen LogP) is 2.79. The maximum absolute atomic E-state index is 12.8. The van der Waals surface area contributed by atoms with E-state index in [1.807, 2.05) is 12.1 Å². The van der Waals surface area contributed by atoms with E-state index in [9.17, 15) is 4.39 Å². The van der Waals surface area contributed by atoms with Crippen molar-refractivity contribution in [2.24, 2.45) is 10.8 Å². The number of hydrogen-bond donors (Lipinski definition) is 2. The molecule has 6 heteroatoms. The van der Waals surface area contributed by atoms with Crippen LogP contribution in [-0.2, 0) is 0 Å². The summed E-state index contributed by atoms with van der Waals surface area (Å²) in [6, 6.07) is 13.0. The lowest BCUT2D eigenvalue weighted by atomic mass is 10.2. The van der Waals surface area contributed by atoms with Crippen LogP contribution < -0.4 is 15.9 Å². The number of halogens is 1. The second-order valence-electron chi connectivity index (χ2n) is 3.86. The van der Waals surface area contributed by atoms with E-state index in [0.29, 0.717) is 11.5 Å². The molecule has 0 spiro atoms. The Morgan fingerprint density at radius 3 is 2.65 bits per heavy atom. The first-order chi connectivity index (χ1) is 9.63. The molecule has 3 N–H and O–H groups in total. The monoisotopic (exact) mass is 289 g/mol. The lowest BCUT2D eigenvalue weighted by Gasteiger charge is -2.06. The van der Waals surface area contributed by atoms with E-state index < -0.39 is 0 Å². The number of rotatable bonds is 4. The summed E-state index contributed by atoms with van der Waals surface area (Å²) in [6.07, 6.45) is 1.57. The van der Waals surface area contributed by atoms with Gasteiger partial charge in [-0.15, -0.1) is 0 Å². The highest BCUT2D eigenvalue weighted by molar-refractivity contribution is 7.80. The van der Waals surface area contributed by atoms with Crippen molar-refractivity contribution < 1.29 is 9.13 Å². The summed E-state index contributed by atoms with van der Waals surface area (Å²) in [5.74, 6) is 0.875. The number of ether oxygens (including phenoxy) is 1. The number of thiocarbonyl (C=S) groups is 1. The van der Waals surface area contributed by atoms with Crippen molar-refractivity contribution in [3.05, 3.63) is 59.9 Å². The van der Waals surface area contributed by atoms with E-state index in [-0.39, 0.29) is 10.9 Å². The second-order valence-corrected chi connectivity index (χ2v) is 4.30. The molecule has 2 rings (SSSR count). The van der Waals surface area contributed by atoms with Crippen LogP contribution >= 0.6 is 12.2 Å². The zero-order valence-electron chi connectivity index (χ0n) is 10.4. The standard InChI is InChI=1S/C14H12FN3OS/c15-11-4-6-12(7-5-11)19-13-3-1-2-10(8-13)9-17-18-14(16)20/h1-9H,(H3,16,18,20). The number of hydrogen-bond acceptors (Lipinski definition) is 3. The van der Waals surface area contributed by atoms with E-state index in [4.69, 9.17) is 10.5 Å². The van der Waals surface area contributed by atoms with Crippen molar-refractivity contribution in [1.82, 2.24) is 5.43 Å². The summed E-state index contributed by atoms with van der Waals surface area (Å²) < 4.78 is 18.4. The molecule has 0 fully saturated rings. The summed E-state index contributed by atoms with van der Waals surface area (Å²) >= 11 is 4.63. The fraction of sp³-hybridized carbons (Fsp3) is 0. The number of nitrogens with zero attached hydrogens (tertiary/aromatic N) is 1. The third kappa shape index (κ3) is 4.33. The van der Waals surface area contributed by atoms with Gasteiger partial charge in [-0.3, -0.25) is 5.43 Å². The maximum Gasteiger partial charge on any atom is 0.184 e. The predicted molar refractivity (Wildman–Crippen MR) is 80.4 cm³/mol. The van der Waals surface area contributed by atoms with Gasteiger partial charge in [-0.1, -0.05) is 12.1 Å². The van der Waals surface area contributed by atoms with Crippen molar-refractivity contribution in [3.8, 4) is 11.5 Å². The largest absolute Gasteiger partial charge is 0.457 e. The van der Waals surface area contributed by atoms with Gasteiger partial charge < -0.3 is 10.5 Å². The van der Waals surface area contributed by atoms with Crippen LogP contribution in [0, 0.1) is 5.82 Å². The summed E-state index contributed by atoms with van der Waals surface area (Å²) in [7, 11) is 0. The first-order valence-electron chi connectivity index (χ1n) is 5.75. The molecule has 4 nitrogen and oxygen atoms in total. The normalized spacial score (nSPS) is 10.4. The van der Waals surface area contributed by atoms with Crippen LogP contribution in [0.4, 0.5) is 4.39 Å². The number of nitrogens with one attached hydrogen (secondary N) is 1. The molecule has 0 saturated carbocycles. The zero-order valence-corrected chi connectivity index (χ0v) is 11.2. The van der Waals surface area contributed by atoms with Gasteiger partial charge in [0.2, 0.25) is 0 Å². The van der Waals surface area contributed by atoms with Crippen LogP contribution in [0.25, 0.3) is 0 Å². The van der Waals surface area contributed by atoms with Crippen molar-refractivity contribution in [2.75, 3.05) is 0 Å². The average Bonchev–Trinajstić information content (AvgIpc) is 2.41. The van der Waals surface area contributed by atoms with E-state index in [1.165, 1.54) is 12.1 Å². The molecule has 0 atom stereocenters. The van der Waals surface area contributed by atoms with Crippen molar-refractivity contribution >= 4 is 23.5 Å². The minimum atomic E-state index is -0.304. The molecule has 102 valence electrons. The topological polar surface area (TPSA) is 59.6 Å². The highest BCUT2D eigenvalue weighted by atomic mass is 32.1. The van der Waals surface area contributed by atoms with Gasteiger partial charge in [0.05, 0.1) is 6.21 Å². The molecular formula is C14H12FN3OS. The van der Waals surface area contributed by atoms with Crippen molar-refractivity contribution in [1.29, 1.82) is 0 Å². The maximum atomic E-state index is 12.8. The fourth-order valence-electron chi connectivity index (χ4n) is 1.47. The summed E-state index contributed by atoms with van der Waals surface area (Å²) in [5.41, 5.74) is 8.53. The SMILES string of the molecule is NC(=S)NN=Cc1cccc(Oc2ccc(F)cc2)c1. The molecule has 0 amide bonds. The van der Waals surface area contributed by atoms with Gasteiger partial charge in [0, 0.05) is 0 Å². The lowest BCUT2D eigenvalue weighted by Crippen LogP contribution is -2.23. The van der Waals surface area contributed by atoms with E-state index in [1.54, 1.807) is 30.5 Å². The number of benzene rings is 2. The molecule has 20 heavy (non-hydrogen) atoms. The zero-order chi connectivity index (χ0) is 14.4. The van der Waals surface area contributed by atoms with E-state index in [2.05, 4.69) is 22.7 Å². The van der Waals surface area contributed by atoms with Gasteiger partial charge in [0.1, 0.15) is 17.3 Å². The molecule has 2 aromatic carbocycles. The summed E-state index contributed by atoms with van der Waals surface area (Å²) in [6.45, 7) is 0. The Morgan fingerprint density at radius 1 is 1.20 bits per heavy atom. The Kier molecular flexibility index (Phi) is 4.62. The Labute approximate surface area is 121 Å². The molecule has 0 radical (unpaired) electrons. The van der Waals surface area contributed by atoms with Crippen LogP contribution in [0.1, 0.15) is 5.56 Å². The molecule has 2 aromatic rings. The first kappa shape index (κ1) is 14.0. The molecule has 0 aliphatic heterocycles. The van der Waals surface area contributed by atoms with Gasteiger partial charge in [0.15, 0.2) is 5.11 Å². The highest BCUT2D eigenvalue weighted by Gasteiger charge is 1.98. The highest BCUT2D eigenvalue weighted by Crippen LogP contribution is 2.21. The first-order valence-corrected chi connectivity index (χ1v) is 6.16. The third-order valence-electron chi connectivity index (χ3n) is 2.30. The van der Waals surface area contributed by atoms with Crippen LogP contribution in [0.3, 0.4) is 0 Å². The van der Waals surface area contributed by atoms with Crippen LogP contribution in [0.2, 0.25) is 0 Å². The van der Waals surface area contributed by atoms with E-state index >= 15 is 0 Å². The number of nitrogens with two attached hydrogens (primary N) is 1. The van der Waals surface area contributed by atoms with Gasteiger partial charge in [-0.05, 0) is 54.2 Å². The average molecular weight is 289 g/mol. The quantitative estimate of drug-likeness (QED) is 0.516. The molecule has 0 heterocycles. The fourth-order valence-corrected chi connectivity index (χ4v) is 1.52. The minimum absolute atomic E-state index is 0.0972. The molecular weight excluding hydrogens is 277 g/mol. The Bertz CT molecular complexity index is 629. The molecule has 0 aromatic heterocycles. The van der Waals surface area contributed by atoms with Crippen LogP contribution in [-0.4, -0.2) is 11.3 Å². The van der Waals surface area contributed by atoms with E-state index in [0.717, 1.165) is 5.56 Å². The van der Waals surface area contributed by atoms with Gasteiger partial charge in [-0.2, -0.15) is 5.10 Å². The number of hydrazone groups is 1. The van der Waals surface area contributed by atoms with Gasteiger partial charge in [-0.25, -0.2) is 4.39 Å². The smallest absolute Gasteiger partial charge is 0.184 e. The molecule has 0 aliphatic rings. The molecule has 0 bridgehead atoms. The van der Waals surface area contributed by atoms with Crippen molar-refractivity contribution in [2.45, 2.75) is 0 Å². The molecule has 0 unspecified atom stereocenters. The Balaban J connectivity index is 2.07. The second kappa shape index (κ2) is 6.63. The van der Waals surface area contributed by atoms with Gasteiger partial charge in [0.25, 0.3) is 0 Å². The lowest BCUT2D eigenvalue weighted by molar-refractivity contribution is 0.480. The summed E-state index contributed by atoms with van der Waals surface area (Å²) in [5, 5.41) is 3.95. The van der Waals surface area contributed by atoms with Crippen LogP contribution in [0.15, 0.2) is 53.6 Å². The Hall–Kier alpha value is -2.47. The Morgan fingerprint density at radius 2 is 1.95 bits per heavy atom. The van der Waals surface area contributed by atoms with Crippen molar-refractivity contribution in [3.63, 3.8) is 0 Å². The van der Waals surface area contributed by atoms with Crippen LogP contribution in [0.5, 0.6) is 11.5 Å².